The first-order chi connectivity index (χ1) is 14.4. The molecule has 0 spiro atoms. The largest absolute Gasteiger partial charge is 0.452 e. The number of hydrogen-bond acceptors (Lipinski definition) is 6. The number of halogens is 3. The van der Waals surface area contributed by atoms with Crippen LogP contribution in [0.15, 0.2) is 53.1 Å². The molecule has 0 aliphatic carbocycles. The molecule has 2 N–H and O–H groups in total. The minimum absolute atomic E-state index is 0.152. The number of alkyl halides is 3. The van der Waals surface area contributed by atoms with Crippen LogP contribution in [0.25, 0.3) is 11.5 Å². The summed E-state index contributed by atoms with van der Waals surface area (Å²) in [7, 11) is 0. The van der Waals surface area contributed by atoms with Gasteiger partial charge in [0, 0.05) is 12.2 Å². The minimum Gasteiger partial charge on any atom is -0.431 e. The number of aromatic nitrogens is 2. The van der Waals surface area contributed by atoms with E-state index in [1.807, 2.05) is 0 Å². The Morgan fingerprint density at radius 1 is 1.13 bits per heavy atom. The van der Waals surface area contributed by atoms with Crippen LogP contribution in [-0.2, 0) is 10.9 Å². The van der Waals surface area contributed by atoms with Gasteiger partial charge in [0.1, 0.15) is 5.82 Å². The lowest BCUT2D eigenvalue weighted by atomic mass is 10.2. The molecule has 30 heavy (non-hydrogen) atoms. The van der Waals surface area contributed by atoms with Gasteiger partial charge in [-0.2, -0.15) is 13.2 Å². The zero-order valence-electron chi connectivity index (χ0n) is 15.6. The highest BCUT2D eigenvalue weighted by Crippen LogP contribution is 2.35. The number of amides is 1. The molecular formula is C20H17F3N4O3. The highest BCUT2D eigenvalue weighted by molar-refractivity contribution is 6.04. The van der Waals surface area contributed by atoms with Crippen LogP contribution in [0.3, 0.4) is 0 Å². The molecule has 1 amide bonds. The maximum atomic E-state index is 13.4. The van der Waals surface area contributed by atoms with Crippen molar-refractivity contribution in [2.75, 3.05) is 23.8 Å². The Kier molecular flexibility index (Phi) is 5.40. The van der Waals surface area contributed by atoms with Crippen LogP contribution >= 0.6 is 0 Å². The number of oxazole rings is 1. The maximum absolute atomic E-state index is 13.4. The SMILES string of the molecule is O=C(Nc1ccc(N[C@H]2CCOC2)nc1)c1nc(-c2ccccc2)oc1C(F)(F)F. The summed E-state index contributed by atoms with van der Waals surface area (Å²) in [4.78, 5) is 20.4. The van der Waals surface area contributed by atoms with E-state index in [1.54, 1.807) is 36.4 Å². The van der Waals surface area contributed by atoms with Gasteiger partial charge < -0.3 is 19.8 Å². The Labute approximate surface area is 169 Å². The van der Waals surface area contributed by atoms with Gasteiger partial charge in [-0.1, -0.05) is 18.2 Å². The van der Waals surface area contributed by atoms with Crippen LogP contribution in [0.5, 0.6) is 0 Å². The summed E-state index contributed by atoms with van der Waals surface area (Å²) in [6.07, 6.45) is -2.67. The lowest BCUT2D eigenvalue weighted by molar-refractivity contribution is -0.153. The lowest BCUT2D eigenvalue weighted by Crippen LogP contribution is -2.20. The molecule has 1 aliphatic rings. The number of hydrogen-bond donors (Lipinski definition) is 2. The van der Waals surface area contributed by atoms with Gasteiger partial charge in [-0.15, -0.1) is 0 Å². The van der Waals surface area contributed by atoms with E-state index in [0.29, 0.717) is 24.6 Å². The van der Waals surface area contributed by atoms with Gasteiger partial charge in [0.05, 0.1) is 24.5 Å². The smallest absolute Gasteiger partial charge is 0.431 e. The second-order valence-electron chi connectivity index (χ2n) is 6.65. The highest BCUT2D eigenvalue weighted by atomic mass is 19.4. The lowest BCUT2D eigenvalue weighted by Gasteiger charge is -2.11. The van der Waals surface area contributed by atoms with Gasteiger partial charge in [-0.3, -0.25) is 4.79 Å². The Balaban J connectivity index is 1.53. The second kappa shape index (κ2) is 8.15. The molecule has 1 aliphatic heterocycles. The molecule has 0 radical (unpaired) electrons. The van der Waals surface area contributed by atoms with Crippen LogP contribution < -0.4 is 10.6 Å². The first-order valence-electron chi connectivity index (χ1n) is 9.15. The number of nitrogens with one attached hydrogen (secondary N) is 2. The van der Waals surface area contributed by atoms with Crippen molar-refractivity contribution in [1.82, 2.24) is 9.97 Å². The van der Waals surface area contributed by atoms with Gasteiger partial charge in [0.15, 0.2) is 5.69 Å². The summed E-state index contributed by atoms with van der Waals surface area (Å²) in [5.41, 5.74) is -0.285. The standard InChI is InChI=1S/C20H17F3N4O3/c21-20(22,23)17-16(27-19(30-17)12-4-2-1-3-5-12)18(28)26-13-6-7-15(24-10-13)25-14-8-9-29-11-14/h1-7,10,14H,8-9,11H2,(H,24,25)(H,26,28)/t14-/m0/s1. The minimum atomic E-state index is -4.87. The molecular weight excluding hydrogens is 401 g/mol. The van der Waals surface area contributed by atoms with E-state index in [2.05, 4.69) is 20.6 Å². The van der Waals surface area contributed by atoms with Gasteiger partial charge in [0.2, 0.25) is 11.7 Å². The predicted molar refractivity (Wildman–Crippen MR) is 102 cm³/mol. The molecule has 0 bridgehead atoms. The third-order valence-corrected chi connectivity index (χ3v) is 4.42. The van der Waals surface area contributed by atoms with Crippen molar-refractivity contribution in [2.45, 2.75) is 18.6 Å². The van der Waals surface area contributed by atoms with E-state index < -0.39 is 23.5 Å². The summed E-state index contributed by atoms with van der Waals surface area (Å²) < 4.78 is 50.3. The van der Waals surface area contributed by atoms with E-state index in [-0.39, 0.29) is 17.6 Å². The summed E-state index contributed by atoms with van der Waals surface area (Å²) in [5.74, 6) is -2.21. The topological polar surface area (TPSA) is 89.3 Å². The van der Waals surface area contributed by atoms with Crippen molar-refractivity contribution in [3.8, 4) is 11.5 Å². The summed E-state index contributed by atoms with van der Waals surface area (Å²) in [6, 6.07) is 11.4. The molecule has 10 heteroatoms. The van der Waals surface area contributed by atoms with E-state index in [9.17, 15) is 18.0 Å². The number of rotatable bonds is 5. The molecule has 1 fully saturated rings. The molecule has 3 heterocycles. The Hall–Kier alpha value is -3.40. The van der Waals surface area contributed by atoms with E-state index in [1.165, 1.54) is 12.3 Å². The van der Waals surface area contributed by atoms with E-state index in [0.717, 1.165) is 6.42 Å². The fraction of sp³-hybridized carbons (Fsp3) is 0.250. The third kappa shape index (κ3) is 4.43. The van der Waals surface area contributed by atoms with E-state index in [4.69, 9.17) is 9.15 Å². The fourth-order valence-electron chi connectivity index (χ4n) is 2.97. The summed E-state index contributed by atoms with van der Waals surface area (Å²) in [6.45, 7) is 1.26. The number of ether oxygens (including phenoxy) is 1. The van der Waals surface area contributed by atoms with Gasteiger partial charge in [-0.05, 0) is 30.7 Å². The average molecular weight is 418 g/mol. The third-order valence-electron chi connectivity index (χ3n) is 4.42. The molecule has 1 saturated heterocycles. The quantitative estimate of drug-likeness (QED) is 0.645. The molecule has 1 aromatic carbocycles. The van der Waals surface area contributed by atoms with Crippen molar-refractivity contribution < 1.29 is 27.1 Å². The first-order valence-corrected chi connectivity index (χ1v) is 9.15. The summed E-state index contributed by atoms with van der Waals surface area (Å²) in [5, 5.41) is 5.56. The normalized spacial score (nSPS) is 16.4. The molecule has 3 aromatic rings. The number of carbonyl (C=O) groups is 1. The number of anilines is 2. The Bertz CT molecular complexity index is 1010. The number of pyridine rings is 1. The number of nitrogens with zero attached hydrogens (tertiary/aromatic N) is 2. The van der Waals surface area contributed by atoms with Crippen molar-refractivity contribution >= 4 is 17.4 Å². The zero-order chi connectivity index (χ0) is 21.1. The molecule has 0 saturated carbocycles. The van der Waals surface area contributed by atoms with Gasteiger partial charge >= 0.3 is 6.18 Å². The molecule has 0 unspecified atom stereocenters. The number of carbonyl (C=O) groups excluding carboxylic acids is 1. The monoisotopic (exact) mass is 418 g/mol. The molecule has 156 valence electrons. The predicted octanol–water partition coefficient (Wildman–Crippen LogP) is 4.21. The fourth-order valence-corrected chi connectivity index (χ4v) is 2.97. The second-order valence-corrected chi connectivity index (χ2v) is 6.65. The Morgan fingerprint density at radius 3 is 2.57 bits per heavy atom. The first kappa shape index (κ1) is 19.9. The highest BCUT2D eigenvalue weighted by Gasteiger charge is 2.42. The average Bonchev–Trinajstić information content (AvgIpc) is 3.40. The summed E-state index contributed by atoms with van der Waals surface area (Å²) >= 11 is 0. The molecule has 1 atom stereocenters. The van der Waals surface area contributed by atoms with Crippen LogP contribution in [0.1, 0.15) is 22.7 Å². The van der Waals surface area contributed by atoms with Crippen molar-refractivity contribution in [2.24, 2.45) is 0 Å². The van der Waals surface area contributed by atoms with Crippen molar-refractivity contribution in [3.63, 3.8) is 0 Å². The number of benzene rings is 1. The van der Waals surface area contributed by atoms with Gasteiger partial charge in [0.25, 0.3) is 5.91 Å². The van der Waals surface area contributed by atoms with Crippen molar-refractivity contribution in [3.05, 3.63) is 60.1 Å². The zero-order valence-corrected chi connectivity index (χ0v) is 15.6. The van der Waals surface area contributed by atoms with Crippen LogP contribution in [0, 0.1) is 0 Å². The molecule has 2 aromatic heterocycles. The van der Waals surface area contributed by atoms with Crippen molar-refractivity contribution in [1.29, 1.82) is 0 Å². The van der Waals surface area contributed by atoms with Crippen LogP contribution in [0.2, 0.25) is 0 Å². The van der Waals surface area contributed by atoms with Gasteiger partial charge in [-0.25, -0.2) is 9.97 Å². The van der Waals surface area contributed by atoms with Crippen LogP contribution in [0.4, 0.5) is 24.7 Å². The molecule has 4 rings (SSSR count). The maximum Gasteiger partial charge on any atom is 0.452 e. The van der Waals surface area contributed by atoms with E-state index >= 15 is 0 Å². The molecule has 7 nitrogen and oxygen atoms in total. The Morgan fingerprint density at radius 2 is 1.93 bits per heavy atom. The van der Waals surface area contributed by atoms with Crippen LogP contribution in [-0.4, -0.2) is 35.1 Å².